The fourth-order valence-electron chi connectivity index (χ4n) is 1.29. The van der Waals surface area contributed by atoms with E-state index in [2.05, 4.69) is 65.8 Å². The van der Waals surface area contributed by atoms with Gasteiger partial charge in [-0.2, -0.15) is 0 Å². The third kappa shape index (κ3) is 6.44. The average molecular weight is 218 g/mol. The number of allylic oxidation sites excluding steroid dienone is 8. The molecule has 0 aromatic heterocycles. The van der Waals surface area contributed by atoms with Crippen molar-refractivity contribution in [2.24, 2.45) is 0 Å². The second kappa shape index (κ2) is 8.15. The first kappa shape index (κ1) is 15.0. The number of rotatable bonds is 5. The van der Waals surface area contributed by atoms with Crippen molar-refractivity contribution in [3.63, 3.8) is 0 Å². The van der Waals surface area contributed by atoms with Crippen LogP contribution in [0.15, 0.2) is 46.6 Å². The summed E-state index contributed by atoms with van der Waals surface area (Å²) in [5.41, 5.74) is 5.56. The third-order valence-electron chi connectivity index (χ3n) is 2.68. The Labute approximate surface area is 101 Å². The highest BCUT2D eigenvalue weighted by Crippen LogP contribution is 2.15. The zero-order valence-electron chi connectivity index (χ0n) is 11.7. The van der Waals surface area contributed by atoms with Crippen LogP contribution in [0.25, 0.3) is 0 Å². The molecule has 0 aromatic carbocycles. The van der Waals surface area contributed by atoms with Crippen LogP contribution in [0.4, 0.5) is 0 Å². The molecule has 0 aliphatic rings. The van der Waals surface area contributed by atoms with Gasteiger partial charge < -0.3 is 0 Å². The van der Waals surface area contributed by atoms with E-state index in [4.69, 9.17) is 0 Å². The van der Waals surface area contributed by atoms with Crippen LogP contribution < -0.4 is 0 Å². The molecule has 0 unspecified atom stereocenters. The Morgan fingerprint density at radius 3 is 1.81 bits per heavy atom. The molecule has 0 heteroatoms. The van der Waals surface area contributed by atoms with Gasteiger partial charge in [0.1, 0.15) is 0 Å². The molecule has 0 rings (SSSR count). The van der Waals surface area contributed by atoms with Crippen molar-refractivity contribution in [3.8, 4) is 0 Å². The Kier molecular flexibility index (Phi) is 7.62. The molecule has 0 saturated heterocycles. The quantitative estimate of drug-likeness (QED) is 0.527. The Morgan fingerprint density at radius 2 is 1.38 bits per heavy atom. The predicted octanol–water partition coefficient (Wildman–Crippen LogP) is 5.59. The fourth-order valence-corrected chi connectivity index (χ4v) is 1.29. The van der Waals surface area contributed by atoms with Gasteiger partial charge in [0.25, 0.3) is 0 Å². The predicted molar refractivity (Wildman–Crippen MR) is 75.6 cm³/mol. The van der Waals surface area contributed by atoms with Gasteiger partial charge in [0.05, 0.1) is 0 Å². The summed E-state index contributed by atoms with van der Waals surface area (Å²) in [4.78, 5) is 0. The summed E-state index contributed by atoms with van der Waals surface area (Å²) in [6.45, 7) is 13.0. The molecule has 0 heterocycles. The van der Waals surface area contributed by atoms with E-state index in [1.54, 1.807) is 0 Å². The molecule has 90 valence electrons. The van der Waals surface area contributed by atoms with Crippen LogP contribution in [-0.2, 0) is 0 Å². The van der Waals surface area contributed by atoms with Gasteiger partial charge in [-0.3, -0.25) is 0 Å². The molecule has 0 spiro atoms. The molecule has 0 amide bonds. The van der Waals surface area contributed by atoms with Gasteiger partial charge in [0, 0.05) is 0 Å². The van der Waals surface area contributed by atoms with Crippen molar-refractivity contribution in [2.45, 2.75) is 54.4 Å². The lowest BCUT2D eigenvalue weighted by Gasteiger charge is -2.03. The summed E-state index contributed by atoms with van der Waals surface area (Å²) in [5.74, 6) is 0. The first-order valence-corrected chi connectivity index (χ1v) is 6.19. The van der Waals surface area contributed by atoms with Crippen LogP contribution in [0.5, 0.6) is 0 Å². The number of hydrogen-bond donors (Lipinski definition) is 0. The molecule has 0 N–H and O–H groups in total. The maximum Gasteiger partial charge on any atom is -0.0305 e. The van der Waals surface area contributed by atoms with Crippen LogP contribution in [0.1, 0.15) is 54.4 Å². The van der Waals surface area contributed by atoms with E-state index in [0.29, 0.717) is 0 Å². The smallest absolute Gasteiger partial charge is 0.0305 e. The first-order valence-electron chi connectivity index (χ1n) is 6.19. The molecule has 0 nitrogen and oxygen atoms in total. The molecule has 0 radical (unpaired) electrons. The SMILES string of the molecule is CC/C(C)=C/C=C(CC)/C(C)=C/C=C(C)C. The van der Waals surface area contributed by atoms with Crippen LogP contribution >= 0.6 is 0 Å². The second-order valence-corrected chi connectivity index (χ2v) is 4.51. The summed E-state index contributed by atoms with van der Waals surface area (Å²) in [6, 6.07) is 0. The molecule has 0 atom stereocenters. The van der Waals surface area contributed by atoms with E-state index >= 15 is 0 Å². The standard InChI is InChI=1S/C16H26/c1-7-14(5)10-12-16(8-2)15(6)11-9-13(3)4/h9-12H,7-8H2,1-6H3/b14-10+,15-11+,16-12+. The van der Waals surface area contributed by atoms with Crippen molar-refractivity contribution >= 4 is 0 Å². The Bertz CT molecular complexity index is 318. The van der Waals surface area contributed by atoms with Crippen LogP contribution in [0.2, 0.25) is 0 Å². The zero-order chi connectivity index (χ0) is 12.6. The minimum atomic E-state index is 1.09. The normalized spacial score (nSPS) is 14.0. The highest BCUT2D eigenvalue weighted by atomic mass is 14.0. The van der Waals surface area contributed by atoms with Crippen molar-refractivity contribution in [1.29, 1.82) is 0 Å². The average Bonchev–Trinajstić information content (AvgIpc) is 2.26. The van der Waals surface area contributed by atoms with Crippen LogP contribution in [-0.4, -0.2) is 0 Å². The van der Waals surface area contributed by atoms with E-state index in [1.807, 2.05) is 0 Å². The molecule has 0 aromatic rings. The van der Waals surface area contributed by atoms with Crippen LogP contribution in [0, 0.1) is 0 Å². The minimum absolute atomic E-state index is 1.09. The van der Waals surface area contributed by atoms with Gasteiger partial charge in [0.2, 0.25) is 0 Å². The van der Waals surface area contributed by atoms with E-state index in [9.17, 15) is 0 Å². The highest BCUT2D eigenvalue weighted by molar-refractivity contribution is 5.35. The molecule has 0 aliphatic carbocycles. The van der Waals surface area contributed by atoms with E-state index in [-0.39, 0.29) is 0 Å². The summed E-state index contributed by atoms with van der Waals surface area (Å²) in [7, 11) is 0. The molecule has 0 fully saturated rings. The van der Waals surface area contributed by atoms with Gasteiger partial charge >= 0.3 is 0 Å². The van der Waals surface area contributed by atoms with Crippen molar-refractivity contribution < 1.29 is 0 Å². The second-order valence-electron chi connectivity index (χ2n) is 4.51. The molecule has 16 heavy (non-hydrogen) atoms. The molecule has 0 saturated carbocycles. The minimum Gasteiger partial charge on any atom is -0.0764 e. The van der Waals surface area contributed by atoms with Gasteiger partial charge in [-0.25, -0.2) is 0 Å². The Balaban J connectivity index is 4.87. The first-order chi connectivity index (χ1) is 7.51. The third-order valence-corrected chi connectivity index (χ3v) is 2.68. The lowest BCUT2D eigenvalue weighted by molar-refractivity contribution is 1.08. The Morgan fingerprint density at radius 1 is 0.750 bits per heavy atom. The van der Waals surface area contributed by atoms with Gasteiger partial charge in [0.15, 0.2) is 0 Å². The van der Waals surface area contributed by atoms with Gasteiger partial charge in [-0.05, 0) is 51.7 Å². The molecule has 0 bridgehead atoms. The summed E-state index contributed by atoms with van der Waals surface area (Å²) < 4.78 is 0. The lowest BCUT2D eigenvalue weighted by Crippen LogP contribution is -1.83. The maximum atomic E-state index is 2.25. The van der Waals surface area contributed by atoms with E-state index < -0.39 is 0 Å². The Hall–Kier alpha value is -1.04. The monoisotopic (exact) mass is 218 g/mol. The number of hydrogen-bond acceptors (Lipinski definition) is 0. The van der Waals surface area contributed by atoms with E-state index in [0.717, 1.165) is 12.8 Å². The summed E-state index contributed by atoms with van der Waals surface area (Å²) in [5, 5.41) is 0. The van der Waals surface area contributed by atoms with Crippen molar-refractivity contribution in [3.05, 3.63) is 46.6 Å². The lowest BCUT2D eigenvalue weighted by atomic mass is 10.0. The summed E-state index contributed by atoms with van der Waals surface area (Å²) >= 11 is 0. The van der Waals surface area contributed by atoms with Crippen LogP contribution in [0.3, 0.4) is 0 Å². The van der Waals surface area contributed by atoms with Crippen molar-refractivity contribution in [1.82, 2.24) is 0 Å². The topological polar surface area (TPSA) is 0 Å². The molecular formula is C16H26. The zero-order valence-corrected chi connectivity index (χ0v) is 11.7. The maximum absolute atomic E-state index is 2.25. The van der Waals surface area contributed by atoms with Gasteiger partial charge in [-0.1, -0.05) is 49.3 Å². The fraction of sp³-hybridized carbons (Fsp3) is 0.500. The summed E-state index contributed by atoms with van der Waals surface area (Å²) in [6.07, 6.45) is 11.1. The van der Waals surface area contributed by atoms with Gasteiger partial charge in [-0.15, -0.1) is 0 Å². The molecular weight excluding hydrogens is 192 g/mol. The highest BCUT2D eigenvalue weighted by Gasteiger charge is 1.94. The van der Waals surface area contributed by atoms with E-state index in [1.165, 1.54) is 22.3 Å². The van der Waals surface area contributed by atoms with Crippen molar-refractivity contribution in [2.75, 3.05) is 0 Å². The molecule has 0 aliphatic heterocycles. The largest absolute Gasteiger partial charge is 0.0764 e.